The molecule has 0 aromatic heterocycles. The third-order valence-corrected chi connectivity index (χ3v) is 9.71. The lowest BCUT2D eigenvalue weighted by Gasteiger charge is -2.35. The molecule has 12 heteroatoms. The predicted octanol–water partition coefficient (Wildman–Crippen LogP) is 5.87. The number of alkyl carbamates (subject to hydrolysis) is 1. The van der Waals surface area contributed by atoms with E-state index in [0.717, 1.165) is 6.07 Å². The van der Waals surface area contributed by atoms with Crippen LogP contribution in [0.25, 0.3) is 0 Å². The smallest absolute Gasteiger partial charge is 0.407 e. The summed E-state index contributed by atoms with van der Waals surface area (Å²) in [5.74, 6) is -5.93. The van der Waals surface area contributed by atoms with Crippen molar-refractivity contribution in [3.05, 3.63) is 58.4 Å². The van der Waals surface area contributed by atoms with E-state index in [4.69, 9.17) is 16.3 Å². The lowest BCUT2D eigenvalue weighted by Crippen LogP contribution is -2.47. The normalized spacial score (nSPS) is 23.1. The first-order valence-electron chi connectivity index (χ1n) is 12.1. The van der Waals surface area contributed by atoms with Crippen LogP contribution in [-0.2, 0) is 14.6 Å². The zero-order valence-electron chi connectivity index (χ0n) is 21.0. The van der Waals surface area contributed by atoms with Gasteiger partial charge in [-0.2, -0.15) is 0 Å². The molecule has 2 N–H and O–H groups in total. The molecule has 2 aliphatic carbocycles. The lowest BCUT2D eigenvalue weighted by molar-refractivity contribution is 0.0483. The van der Waals surface area contributed by atoms with Gasteiger partial charge in [-0.1, -0.05) is 11.6 Å². The van der Waals surface area contributed by atoms with Gasteiger partial charge in [0, 0.05) is 29.4 Å². The van der Waals surface area contributed by atoms with Gasteiger partial charge in [-0.3, -0.25) is 4.79 Å². The third kappa shape index (κ3) is 5.93. The Balaban J connectivity index is 1.53. The maximum absolute atomic E-state index is 13.8. The van der Waals surface area contributed by atoms with Gasteiger partial charge in [0.05, 0.1) is 15.2 Å². The molecule has 2 unspecified atom stereocenters. The summed E-state index contributed by atoms with van der Waals surface area (Å²) in [5.41, 5.74) is -1.10. The van der Waals surface area contributed by atoms with E-state index in [9.17, 15) is 31.2 Å². The quantitative estimate of drug-likeness (QED) is 0.437. The van der Waals surface area contributed by atoms with Crippen LogP contribution in [-0.4, -0.2) is 37.3 Å². The number of benzene rings is 2. The first kappa shape index (κ1) is 28.2. The fraction of sp³-hybridized carbons (Fsp3) is 0.462. The second kappa shape index (κ2) is 10.4. The fourth-order valence-corrected chi connectivity index (χ4v) is 8.28. The SMILES string of the molecule is CC(C)(C)OC(=O)NC1CC2CC[C@@H](C1)[C@H]2S(=O)(=O)c1cc(C(=O)Nc2cc(F)c(F)c(F)c2)ccc1Cl. The Morgan fingerprint density at radius 1 is 1.00 bits per heavy atom. The monoisotopic (exact) mass is 572 g/mol. The molecule has 7 nitrogen and oxygen atoms in total. The highest BCUT2D eigenvalue weighted by Gasteiger charge is 2.50. The number of halogens is 4. The third-order valence-electron chi connectivity index (χ3n) is 6.83. The van der Waals surface area contributed by atoms with Crippen LogP contribution in [0, 0.1) is 29.3 Å². The summed E-state index contributed by atoms with van der Waals surface area (Å²) in [4.78, 5) is 24.7. The van der Waals surface area contributed by atoms with E-state index in [0.29, 0.717) is 37.8 Å². The van der Waals surface area contributed by atoms with E-state index in [-0.39, 0.29) is 39.0 Å². The minimum absolute atomic E-state index is 0.0613. The zero-order valence-corrected chi connectivity index (χ0v) is 22.6. The number of rotatable bonds is 5. The van der Waals surface area contributed by atoms with Crippen LogP contribution in [0.4, 0.5) is 23.7 Å². The molecule has 2 amide bonds. The molecule has 4 atom stereocenters. The summed E-state index contributed by atoms with van der Waals surface area (Å²) in [6.07, 6.45) is 1.70. The van der Waals surface area contributed by atoms with Crippen LogP contribution in [0.1, 0.15) is 56.8 Å². The zero-order chi connectivity index (χ0) is 28.0. The molecule has 2 aromatic carbocycles. The second-order valence-electron chi connectivity index (χ2n) is 10.8. The number of hydrogen-bond acceptors (Lipinski definition) is 5. The molecule has 4 rings (SSSR count). The van der Waals surface area contributed by atoms with Crippen molar-refractivity contribution >= 4 is 39.1 Å². The average Bonchev–Trinajstić information content (AvgIpc) is 3.08. The summed E-state index contributed by atoms with van der Waals surface area (Å²) in [6, 6.07) is 4.69. The molecule has 2 aromatic rings. The Hall–Kier alpha value is -2.79. The van der Waals surface area contributed by atoms with Crippen LogP contribution in [0.3, 0.4) is 0 Å². The molecule has 2 fully saturated rings. The van der Waals surface area contributed by atoms with E-state index >= 15 is 0 Å². The summed E-state index contributed by atoms with van der Waals surface area (Å²) in [5, 5.41) is 4.28. The Bertz CT molecular complexity index is 1340. The maximum Gasteiger partial charge on any atom is 0.407 e. The predicted molar refractivity (Wildman–Crippen MR) is 135 cm³/mol. The van der Waals surface area contributed by atoms with E-state index in [2.05, 4.69) is 10.6 Å². The number of carbonyl (C=O) groups is 2. The van der Waals surface area contributed by atoms with Crippen molar-refractivity contribution in [2.45, 2.75) is 68.2 Å². The van der Waals surface area contributed by atoms with Crippen LogP contribution < -0.4 is 10.6 Å². The largest absolute Gasteiger partial charge is 0.444 e. The Morgan fingerprint density at radius 3 is 2.13 bits per heavy atom. The molecule has 0 heterocycles. The number of amides is 2. The summed E-state index contributed by atoms with van der Waals surface area (Å²) >= 11 is 6.27. The number of sulfone groups is 1. The van der Waals surface area contributed by atoms with Gasteiger partial charge in [0.25, 0.3) is 5.91 Å². The first-order chi connectivity index (χ1) is 17.7. The molecule has 2 aliphatic rings. The molecule has 0 aliphatic heterocycles. The van der Waals surface area contributed by atoms with Gasteiger partial charge >= 0.3 is 6.09 Å². The van der Waals surface area contributed by atoms with Crippen molar-refractivity contribution in [2.75, 3.05) is 5.32 Å². The molecule has 206 valence electrons. The lowest BCUT2D eigenvalue weighted by atomic mass is 9.85. The molecule has 2 saturated carbocycles. The van der Waals surface area contributed by atoms with E-state index in [1.54, 1.807) is 20.8 Å². The van der Waals surface area contributed by atoms with Crippen LogP contribution >= 0.6 is 11.6 Å². The highest BCUT2D eigenvalue weighted by molar-refractivity contribution is 7.92. The van der Waals surface area contributed by atoms with Gasteiger partial charge in [-0.05, 0) is 76.5 Å². The molecule has 0 spiro atoms. The van der Waals surface area contributed by atoms with Crippen molar-refractivity contribution in [1.29, 1.82) is 0 Å². The standard InChI is InChI=1S/C26H28ClF3N2O5S/c1-26(2,3)37-25(34)32-16-8-13-4-5-14(9-16)23(13)38(35,36)21-10-15(6-7-18(21)27)24(33)31-17-11-19(28)22(30)20(29)12-17/h6-7,10-14,16,23H,4-5,8-9H2,1-3H3,(H,31,33)(H,32,34)/t13-,14?,16?,23+/m0/s1. The number of anilines is 1. The van der Waals surface area contributed by atoms with Crippen molar-refractivity contribution in [3.63, 3.8) is 0 Å². The number of hydrogen-bond donors (Lipinski definition) is 2. The number of fused-ring (bicyclic) bond motifs is 2. The van der Waals surface area contributed by atoms with Gasteiger partial charge in [0.15, 0.2) is 27.3 Å². The molecule has 0 radical (unpaired) electrons. The van der Waals surface area contributed by atoms with Crippen LogP contribution in [0.2, 0.25) is 5.02 Å². The number of nitrogens with one attached hydrogen (secondary N) is 2. The number of ether oxygens (including phenoxy) is 1. The van der Waals surface area contributed by atoms with E-state index < -0.39 is 50.1 Å². The van der Waals surface area contributed by atoms with Gasteiger partial charge in [0.1, 0.15) is 5.60 Å². The second-order valence-corrected chi connectivity index (χ2v) is 13.3. The Kier molecular flexibility index (Phi) is 7.73. The van der Waals surface area contributed by atoms with Crippen LogP contribution in [0.5, 0.6) is 0 Å². The van der Waals surface area contributed by atoms with Gasteiger partial charge in [0.2, 0.25) is 0 Å². The summed E-state index contributed by atoms with van der Waals surface area (Å²) < 4.78 is 73.2. The average molecular weight is 573 g/mol. The highest BCUT2D eigenvalue weighted by Crippen LogP contribution is 2.48. The van der Waals surface area contributed by atoms with Gasteiger partial charge < -0.3 is 15.4 Å². The fourth-order valence-electron chi connectivity index (χ4n) is 5.41. The molecule has 38 heavy (non-hydrogen) atoms. The maximum atomic E-state index is 13.8. The molecule has 0 saturated heterocycles. The summed E-state index contributed by atoms with van der Waals surface area (Å²) in [7, 11) is -3.98. The molecular formula is C26H28ClF3N2O5S. The highest BCUT2D eigenvalue weighted by atomic mass is 35.5. The minimum Gasteiger partial charge on any atom is -0.444 e. The van der Waals surface area contributed by atoms with Crippen molar-refractivity contribution in [3.8, 4) is 0 Å². The van der Waals surface area contributed by atoms with Gasteiger partial charge in [-0.15, -0.1) is 0 Å². The summed E-state index contributed by atoms with van der Waals surface area (Å²) in [6.45, 7) is 5.27. The van der Waals surface area contributed by atoms with E-state index in [1.165, 1.54) is 12.1 Å². The van der Waals surface area contributed by atoms with Crippen molar-refractivity contribution in [2.24, 2.45) is 11.8 Å². The Labute approximate surface area is 224 Å². The number of carbonyl (C=O) groups excluding carboxylic acids is 2. The van der Waals surface area contributed by atoms with Gasteiger partial charge in [-0.25, -0.2) is 26.4 Å². The van der Waals surface area contributed by atoms with Crippen molar-refractivity contribution in [1.82, 2.24) is 5.32 Å². The topological polar surface area (TPSA) is 102 Å². The van der Waals surface area contributed by atoms with E-state index in [1.807, 2.05) is 0 Å². The first-order valence-corrected chi connectivity index (χ1v) is 14.1. The van der Waals surface area contributed by atoms with Crippen LogP contribution in [0.15, 0.2) is 35.2 Å². The molecule has 2 bridgehead atoms. The minimum atomic E-state index is -3.98. The Morgan fingerprint density at radius 2 is 1.58 bits per heavy atom. The molecular weight excluding hydrogens is 545 g/mol. The van der Waals surface area contributed by atoms with Crippen molar-refractivity contribution < 1.29 is 35.9 Å².